The van der Waals surface area contributed by atoms with E-state index in [-0.39, 0.29) is 17.2 Å². The SMILES string of the molecule is CCOc1c(OC)cccc1C1CC(=O)Nc2c1sc(C(=O)O)c2-c1ccc(F)cc1. The number of ether oxygens (including phenoxy) is 2. The third kappa shape index (κ3) is 3.74. The van der Waals surface area contributed by atoms with E-state index in [1.54, 1.807) is 13.2 Å². The fourth-order valence-electron chi connectivity index (χ4n) is 3.85. The topological polar surface area (TPSA) is 84.9 Å². The van der Waals surface area contributed by atoms with Crippen LogP contribution < -0.4 is 14.8 Å². The molecule has 1 aliphatic heterocycles. The van der Waals surface area contributed by atoms with Crippen molar-refractivity contribution >= 4 is 28.9 Å². The summed E-state index contributed by atoms with van der Waals surface area (Å²) in [6.07, 6.45) is 0.142. The van der Waals surface area contributed by atoms with Crippen LogP contribution in [0.15, 0.2) is 42.5 Å². The lowest BCUT2D eigenvalue weighted by Crippen LogP contribution is -2.23. The molecule has 6 nitrogen and oxygen atoms in total. The van der Waals surface area contributed by atoms with E-state index in [9.17, 15) is 19.1 Å². The lowest BCUT2D eigenvalue weighted by atomic mass is 9.88. The van der Waals surface area contributed by atoms with Gasteiger partial charge in [-0.25, -0.2) is 9.18 Å². The number of carboxylic acid groups (broad SMARTS) is 1. The molecule has 1 aliphatic rings. The van der Waals surface area contributed by atoms with Gasteiger partial charge < -0.3 is 19.9 Å². The van der Waals surface area contributed by atoms with Crippen molar-refractivity contribution in [2.75, 3.05) is 19.0 Å². The number of anilines is 1. The summed E-state index contributed by atoms with van der Waals surface area (Å²) in [4.78, 5) is 25.5. The second-order valence-electron chi connectivity index (χ2n) is 6.97. The molecule has 0 aliphatic carbocycles. The highest BCUT2D eigenvalue weighted by atomic mass is 32.1. The van der Waals surface area contributed by atoms with Gasteiger partial charge in [0, 0.05) is 28.3 Å². The maximum Gasteiger partial charge on any atom is 0.346 e. The number of fused-ring (bicyclic) bond motifs is 1. The number of amides is 1. The van der Waals surface area contributed by atoms with Crippen molar-refractivity contribution in [1.29, 1.82) is 0 Å². The summed E-state index contributed by atoms with van der Waals surface area (Å²) in [6.45, 7) is 2.26. The van der Waals surface area contributed by atoms with E-state index in [4.69, 9.17) is 9.47 Å². The molecule has 31 heavy (non-hydrogen) atoms. The Morgan fingerprint density at radius 2 is 2.00 bits per heavy atom. The monoisotopic (exact) mass is 441 g/mol. The Labute approximate surface area is 182 Å². The van der Waals surface area contributed by atoms with Gasteiger partial charge in [0.2, 0.25) is 5.91 Å². The Hall–Kier alpha value is -3.39. The molecule has 0 bridgehead atoms. The highest BCUT2D eigenvalue weighted by molar-refractivity contribution is 7.15. The van der Waals surface area contributed by atoms with Gasteiger partial charge in [-0.1, -0.05) is 24.3 Å². The molecule has 0 saturated heterocycles. The van der Waals surface area contributed by atoms with E-state index in [0.717, 1.165) is 16.9 Å². The second-order valence-corrected chi connectivity index (χ2v) is 8.03. The van der Waals surface area contributed by atoms with Crippen LogP contribution in [0.3, 0.4) is 0 Å². The van der Waals surface area contributed by atoms with Crippen molar-refractivity contribution < 1.29 is 28.6 Å². The Bertz CT molecular complexity index is 1160. The molecule has 2 heterocycles. The second kappa shape index (κ2) is 8.39. The summed E-state index contributed by atoms with van der Waals surface area (Å²) in [6, 6.07) is 11.0. The third-order valence-corrected chi connectivity index (χ3v) is 6.42. The van der Waals surface area contributed by atoms with Crippen LogP contribution in [-0.2, 0) is 4.79 Å². The summed E-state index contributed by atoms with van der Waals surface area (Å²) in [7, 11) is 1.54. The first-order chi connectivity index (χ1) is 14.9. The van der Waals surface area contributed by atoms with Crippen LogP contribution in [0, 0.1) is 5.82 Å². The number of thiophene rings is 1. The fraction of sp³-hybridized carbons (Fsp3) is 0.217. The van der Waals surface area contributed by atoms with Gasteiger partial charge in [-0.2, -0.15) is 0 Å². The first-order valence-electron chi connectivity index (χ1n) is 9.70. The van der Waals surface area contributed by atoms with Gasteiger partial charge in [0.1, 0.15) is 10.7 Å². The number of halogens is 1. The minimum Gasteiger partial charge on any atom is -0.493 e. The van der Waals surface area contributed by atoms with Crippen LogP contribution >= 0.6 is 11.3 Å². The average molecular weight is 441 g/mol. The normalized spacial score (nSPS) is 15.2. The van der Waals surface area contributed by atoms with Crippen LogP contribution in [0.5, 0.6) is 11.5 Å². The molecule has 0 radical (unpaired) electrons. The summed E-state index contributed by atoms with van der Waals surface area (Å²) >= 11 is 1.11. The quantitative estimate of drug-likeness (QED) is 0.554. The number of carbonyl (C=O) groups excluding carboxylic acids is 1. The number of benzene rings is 2. The summed E-state index contributed by atoms with van der Waals surface area (Å²) < 4.78 is 24.7. The van der Waals surface area contributed by atoms with E-state index >= 15 is 0 Å². The molecule has 1 unspecified atom stereocenters. The minimum absolute atomic E-state index is 0.0877. The van der Waals surface area contributed by atoms with Crippen LogP contribution in [0.1, 0.15) is 39.4 Å². The molecule has 2 N–H and O–H groups in total. The van der Waals surface area contributed by atoms with Gasteiger partial charge in [0.05, 0.1) is 19.4 Å². The predicted octanol–water partition coefficient (Wildman–Crippen LogP) is 5.13. The number of methoxy groups -OCH3 is 1. The number of hydrogen-bond acceptors (Lipinski definition) is 5. The summed E-state index contributed by atoms with van der Waals surface area (Å²) in [5, 5.41) is 12.7. The van der Waals surface area contributed by atoms with Crippen molar-refractivity contribution in [3.8, 4) is 22.6 Å². The number of carbonyl (C=O) groups is 2. The smallest absolute Gasteiger partial charge is 0.346 e. The van der Waals surface area contributed by atoms with Gasteiger partial charge in [0.25, 0.3) is 0 Å². The van der Waals surface area contributed by atoms with Gasteiger partial charge in [0.15, 0.2) is 11.5 Å². The van der Waals surface area contributed by atoms with E-state index in [0.29, 0.717) is 39.8 Å². The maximum atomic E-state index is 13.5. The Morgan fingerprint density at radius 3 is 2.65 bits per heavy atom. The molecule has 160 valence electrons. The molecular weight excluding hydrogens is 421 g/mol. The average Bonchev–Trinajstić information content (AvgIpc) is 3.14. The number of carboxylic acids is 1. The highest BCUT2D eigenvalue weighted by Crippen LogP contribution is 2.51. The van der Waals surface area contributed by atoms with Crippen molar-refractivity contribution in [1.82, 2.24) is 0 Å². The zero-order chi connectivity index (χ0) is 22.1. The fourth-order valence-corrected chi connectivity index (χ4v) is 5.08. The third-order valence-electron chi connectivity index (χ3n) is 5.13. The Morgan fingerprint density at radius 1 is 1.26 bits per heavy atom. The molecule has 1 atom stereocenters. The molecule has 0 fully saturated rings. The molecule has 4 rings (SSSR count). The lowest BCUT2D eigenvalue weighted by molar-refractivity contribution is -0.116. The lowest BCUT2D eigenvalue weighted by Gasteiger charge is -2.26. The number of para-hydroxylation sites is 1. The van der Waals surface area contributed by atoms with Gasteiger partial charge in [-0.3, -0.25) is 4.79 Å². The van der Waals surface area contributed by atoms with Crippen LogP contribution in [-0.4, -0.2) is 30.7 Å². The Kier molecular flexibility index (Phi) is 5.65. The summed E-state index contributed by atoms with van der Waals surface area (Å²) in [5.74, 6) is -1.10. The minimum atomic E-state index is -1.11. The van der Waals surface area contributed by atoms with Crippen LogP contribution in [0.2, 0.25) is 0 Å². The van der Waals surface area contributed by atoms with Crippen LogP contribution in [0.4, 0.5) is 10.1 Å². The highest BCUT2D eigenvalue weighted by Gasteiger charge is 2.36. The molecule has 3 aromatic rings. The molecule has 0 saturated carbocycles. The largest absolute Gasteiger partial charge is 0.493 e. The summed E-state index contributed by atoms with van der Waals surface area (Å²) in [5.41, 5.74) is 2.10. The number of rotatable bonds is 6. The molecule has 2 aromatic carbocycles. The number of aromatic carboxylic acids is 1. The van der Waals surface area contributed by atoms with Gasteiger partial charge in [-0.05, 0) is 30.7 Å². The van der Waals surface area contributed by atoms with Crippen molar-refractivity contribution in [2.45, 2.75) is 19.3 Å². The van der Waals surface area contributed by atoms with E-state index < -0.39 is 17.7 Å². The number of nitrogens with one attached hydrogen (secondary N) is 1. The first-order valence-corrected chi connectivity index (χ1v) is 10.5. The number of hydrogen-bond donors (Lipinski definition) is 2. The van der Waals surface area contributed by atoms with Gasteiger partial charge >= 0.3 is 5.97 Å². The van der Waals surface area contributed by atoms with E-state index in [2.05, 4.69) is 5.32 Å². The van der Waals surface area contributed by atoms with E-state index in [1.165, 1.54) is 24.3 Å². The van der Waals surface area contributed by atoms with E-state index in [1.807, 2.05) is 19.1 Å². The van der Waals surface area contributed by atoms with Crippen LogP contribution in [0.25, 0.3) is 11.1 Å². The first kappa shape index (κ1) is 20.9. The maximum absolute atomic E-state index is 13.5. The predicted molar refractivity (Wildman–Crippen MR) is 116 cm³/mol. The van der Waals surface area contributed by atoms with Crippen molar-refractivity contribution in [3.63, 3.8) is 0 Å². The Balaban J connectivity index is 1.94. The standard InChI is InChI=1S/C23H20FNO5S/c1-3-30-20-14(5-4-6-16(20)29-2)15-11-17(26)25-19-18(12-7-9-13(24)10-8-12)22(23(27)28)31-21(15)19/h4-10,15H,3,11H2,1-2H3,(H,25,26)(H,27,28). The zero-order valence-corrected chi connectivity index (χ0v) is 17.7. The van der Waals surface area contributed by atoms with Crippen molar-refractivity contribution in [3.05, 3.63) is 63.6 Å². The molecule has 8 heteroatoms. The van der Waals surface area contributed by atoms with Crippen molar-refractivity contribution in [2.24, 2.45) is 0 Å². The molecule has 1 aromatic heterocycles. The van der Waals surface area contributed by atoms with Gasteiger partial charge in [-0.15, -0.1) is 11.3 Å². The molecule has 1 amide bonds. The molecular formula is C23H20FNO5S. The molecule has 0 spiro atoms. The zero-order valence-electron chi connectivity index (χ0n) is 16.9.